The molecule has 0 atom stereocenters. The number of nitrogens with one attached hydrogen (secondary N) is 1. The maximum absolute atomic E-state index is 12.3. The number of carbonyl (C=O) groups excluding carboxylic acids is 1. The van der Waals surface area contributed by atoms with Crippen LogP contribution in [0.2, 0.25) is 5.02 Å². The number of benzene rings is 1. The number of nitrogens with two attached hydrogens (primary N) is 1. The number of amides is 1. The summed E-state index contributed by atoms with van der Waals surface area (Å²) in [4.78, 5) is 17.1. The minimum absolute atomic E-state index is 0.288. The van der Waals surface area contributed by atoms with E-state index in [0.29, 0.717) is 21.7 Å². The van der Waals surface area contributed by atoms with Gasteiger partial charge >= 0.3 is 6.18 Å². The van der Waals surface area contributed by atoms with E-state index < -0.39 is 17.8 Å². The van der Waals surface area contributed by atoms with Gasteiger partial charge in [-0.2, -0.15) is 13.2 Å². The molecule has 9 heteroatoms. The van der Waals surface area contributed by atoms with Crippen LogP contribution in [0.3, 0.4) is 0 Å². The molecule has 1 heterocycles. The lowest BCUT2D eigenvalue weighted by molar-refractivity contribution is -0.113. The number of alkyl halides is 3. The number of allylic oxidation sites excluding steroid dienone is 1. The van der Waals surface area contributed by atoms with E-state index >= 15 is 0 Å². The first kappa shape index (κ1) is 18.3. The fourth-order valence-corrected chi connectivity index (χ4v) is 2.96. The minimum Gasteiger partial charge on any atom is -0.395 e. The summed E-state index contributed by atoms with van der Waals surface area (Å²) in [6, 6.07) is 4.57. The second-order valence-electron chi connectivity index (χ2n) is 4.94. The first-order valence-electron chi connectivity index (χ1n) is 6.67. The number of thiazole rings is 1. The van der Waals surface area contributed by atoms with Crippen molar-refractivity contribution < 1.29 is 18.0 Å². The molecule has 2 aromatic rings. The van der Waals surface area contributed by atoms with Crippen LogP contribution in [0, 0.1) is 13.8 Å². The molecular weight excluding hydrogens is 363 g/mol. The van der Waals surface area contributed by atoms with Crippen molar-refractivity contribution in [3.8, 4) is 10.6 Å². The van der Waals surface area contributed by atoms with Crippen LogP contribution in [0.1, 0.15) is 10.6 Å². The van der Waals surface area contributed by atoms with Crippen LogP contribution in [-0.4, -0.2) is 17.1 Å². The monoisotopic (exact) mass is 375 g/mol. The van der Waals surface area contributed by atoms with Crippen LogP contribution in [0.4, 0.5) is 18.9 Å². The van der Waals surface area contributed by atoms with Crippen molar-refractivity contribution in [2.75, 3.05) is 5.32 Å². The fraction of sp³-hybridized carbons (Fsp3) is 0.200. The smallest absolute Gasteiger partial charge is 0.395 e. The topological polar surface area (TPSA) is 68.0 Å². The molecule has 0 saturated carbocycles. The van der Waals surface area contributed by atoms with Crippen molar-refractivity contribution in [2.45, 2.75) is 20.0 Å². The highest BCUT2D eigenvalue weighted by Crippen LogP contribution is 2.34. The summed E-state index contributed by atoms with van der Waals surface area (Å²) < 4.78 is 37.0. The number of nitrogens with zero attached hydrogens (tertiary/aromatic N) is 1. The van der Waals surface area contributed by atoms with Gasteiger partial charge in [-0.25, -0.2) is 4.98 Å². The Morgan fingerprint density at radius 3 is 2.58 bits per heavy atom. The molecule has 3 N–H and O–H groups in total. The van der Waals surface area contributed by atoms with Gasteiger partial charge in [-0.15, -0.1) is 11.3 Å². The van der Waals surface area contributed by atoms with Crippen LogP contribution in [0.15, 0.2) is 30.0 Å². The average Bonchev–Trinajstić information content (AvgIpc) is 2.79. The number of carbonyl (C=O) groups is 1. The molecule has 0 unspecified atom stereocenters. The number of rotatable bonds is 3. The molecule has 0 spiro atoms. The Morgan fingerprint density at radius 2 is 2.04 bits per heavy atom. The number of halogens is 4. The Labute approximate surface area is 145 Å². The summed E-state index contributed by atoms with van der Waals surface area (Å²) in [7, 11) is 0. The molecule has 1 aromatic heterocycles. The van der Waals surface area contributed by atoms with Gasteiger partial charge in [-0.05, 0) is 32.0 Å². The van der Waals surface area contributed by atoms with E-state index in [1.54, 1.807) is 6.07 Å². The van der Waals surface area contributed by atoms with Crippen molar-refractivity contribution in [1.82, 2.24) is 4.98 Å². The maximum Gasteiger partial charge on any atom is 0.430 e. The lowest BCUT2D eigenvalue weighted by Crippen LogP contribution is -2.22. The number of hydrogen-bond acceptors (Lipinski definition) is 4. The molecule has 0 aliphatic heterocycles. The zero-order chi connectivity index (χ0) is 18.1. The summed E-state index contributed by atoms with van der Waals surface area (Å²) in [5.74, 6) is -0.982. The highest BCUT2D eigenvalue weighted by molar-refractivity contribution is 7.15. The Morgan fingerprint density at radius 1 is 1.38 bits per heavy atom. The van der Waals surface area contributed by atoms with Crippen LogP contribution >= 0.6 is 22.9 Å². The summed E-state index contributed by atoms with van der Waals surface area (Å²) >= 11 is 7.58. The van der Waals surface area contributed by atoms with Crippen LogP contribution in [0.5, 0.6) is 0 Å². The van der Waals surface area contributed by atoms with Crippen molar-refractivity contribution in [1.29, 1.82) is 0 Å². The largest absolute Gasteiger partial charge is 0.430 e. The quantitative estimate of drug-likeness (QED) is 0.780. The van der Waals surface area contributed by atoms with Crippen LogP contribution < -0.4 is 11.1 Å². The molecule has 0 bridgehead atoms. The van der Waals surface area contributed by atoms with E-state index in [1.165, 1.54) is 23.5 Å². The summed E-state index contributed by atoms with van der Waals surface area (Å²) in [6.45, 7) is 3.78. The van der Waals surface area contributed by atoms with Crippen molar-refractivity contribution >= 4 is 34.5 Å². The van der Waals surface area contributed by atoms with Crippen LogP contribution in [0.25, 0.3) is 10.6 Å². The van der Waals surface area contributed by atoms with Gasteiger partial charge in [-0.1, -0.05) is 11.6 Å². The van der Waals surface area contributed by atoms with E-state index in [9.17, 15) is 18.0 Å². The Bertz CT molecular complexity index is 795. The zero-order valence-corrected chi connectivity index (χ0v) is 14.2. The summed E-state index contributed by atoms with van der Waals surface area (Å²) in [6.07, 6.45) is -4.45. The second-order valence-corrected chi connectivity index (χ2v) is 6.55. The highest BCUT2D eigenvalue weighted by atomic mass is 35.5. The second kappa shape index (κ2) is 6.82. The first-order valence-corrected chi connectivity index (χ1v) is 7.86. The number of hydrogen-bond donors (Lipinski definition) is 2. The molecule has 0 saturated heterocycles. The van der Waals surface area contributed by atoms with Gasteiger partial charge < -0.3 is 11.1 Å². The summed E-state index contributed by atoms with van der Waals surface area (Å²) in [5.41, 5.74) is 5.08. The van der Waals surface area contributed by atoms with Crippen molar-refractivity contribution in [3.63, 3.8) is 0 Å². The SMILES string of the molecule is Cc1nc(-c2cc(NC(=O)C=C(N)C(F)(F)F)ccc2Cl)sc1C. The Kier molecular flexibility index (Phi) is 5.19. The van der Waals surface area contributed by atoms with E-state index in [-0.39, 0.29) is 5.69 Å². The zero-order valence-electron chi connectivity index (χ0n) is 12.7. The predicted molar refractivity (Wildman–Crippen MR) is 89.0 cm³/mol. The molecule has 1 aromatic carbocycles. The standard InChI is InChI=1S/C15H13ClF3N3OS/c1-7-8(2)24-14(21-7)10-5-9(3-4-11(10)16)22-13(23)6-12(20)15(17,18)19/h3-6H,20H2,1-2H3,(H,22,23). The minimum atomic E-state index is -4.75. The van der Waals surface area contributed by atoms with Gasteiger partial charge in [0, 0.05) is 22.2 Å². The van der Waals surface area contributed by atoms with Gasteiger partial charge in [0.25, 0.3) is 0 Å². The lowest BCUT2D eigenvalue weighted by atomic mass is 10.2. The molecular formula is C15H13ClF3N3OS. The molecule has 0 aliphatic carbocycles. The van der Waals surface area contributed by atoms with E-state index in [4.69, 9.17) is 17.3 Å². The molecule has 0 aliphatic rings. The van der Waals surface area contributed by atoms with Gasteiger partial charge in [0.15, 0.2) is 0 Å². The number of aryl methyl sites for hydroxylation is 2. The van der Waals surface area contributed by atoms with E-state index in [1.807, 2.05) is 13.8 Å². The molecule has 4 nitrogen and oxygen atoms in total. The molecule has 0 fully saturated rings. The molecule has 1 amide bonds. The Hall–Kier alpha value is -2.06. The van der Waals surface area contributed by atoms with E-state index in [0.717, 1.165) is 10.6 Å². The highest BCUT2D eigenvalue weighted by Gasteiger charge is 2.32. The van der Waals surface area contributed by atoms with Gasteiger partial charge in [0.05, 0.1) is 10.7 Å². The Balaban J connectivity index is 2.27. The molecule has 2 rings (SSSR count). The fourth-order valence-electron chi connectivity index (χ4n) is 1.76. The molecule has 24 heavy (non-hydrogen) atoms. The third-order valence-corrected chi connectivity index (χ3v) is 4.54. The number of aromatic nitrogens is 1. The maximum atomic E-state index is 12.3. The van der Waals surface area contributed by atoms with Crippen LogP contribution in [-0.2, 0) is 4.79 Å². The summed E-state index contributed by atoms with van der Waals surface area (Å²) in [5, 5.41) is 3.41. The number of anilines is 1. The molecule has 0 radical (unpaired) electrons. The van der Waals surface area contributed by atoms with Gasteiger partial charge in [0.1, 0.15) is 10.7 Å². The predicted octanol–water partition coefficient (Wildman–Crippen LogP) is 4.42. The normalized spacial score (nSPS) is 12.3. The molecule has 128 valence electrons. The van der Waals surface area contributed by atoms with Gasteiger partial charge in [-0.3, -0.25) is 4.79 Å². The average molecular weight is 376 g/mol. The lowest BCUT2D eigenvalue weighted by Gasteiger charge is -2.08. The third-order valence-electron chi connectivity index (χ3n) is 3.11. The third kappa shape index (κ3) is 4.27. The van der Waals surface area contributed by atoms with E-state index in [2.05, 4.69) is 10.3 Å². The first-order chi connectivity index (χ1) is 11.1. The van der Waals surface area contributed by atoms with Gasteiger partial charge in [0.2, 0.25) is 5.91 Å². The van der Waals surface area contributed by atoms with Crippen molar-refractivity contribution in [2.24, 2.45) is 5.73 Å². The van der Waals surface area contributed by atoms with Crippen molar-refractivity contribution in [3.05, 3.63) is 45.6 Å².